The van der Waals surface area contributed by atoms with E-state index in [1.54, 1.807) is 7.11 Å². The summed E-state index contributed by atoms with van der Waals surface area (Å²) < 4.78 is 28.1. The largest absolute Gasteiger partial charge is 0.497 e. The lowest BCUT2D eigenvalue weighted by atomic mass is 10.0. The standard InChI is InChI=1S/C19H22N2O4S/c1-13(20-21-19(22)9-14-7-8-26(23,24)12-14)15-3-4-17-11-18(25-2)6-5-16(17)10-15/h3-6,10-11,14H,7-9,12H2,1-2H3,(H,21,22)/b20-13-/t14-/m1/s1. The van der Waals surface area contributed by atoms with E-state index in [2.05, 4.69) is 10.5 Å². The van der Waals surface area contributed by atoms with Crippen LogP contribution in [0.5, 0.6) is 5.75 Å². The molecule has 1 amide bonds. The molecule has 2 aromatic carbocycles. The molecule has 1 N–H and O–H groups in total. The van der Waals surface area contributed by atoms with E-state index in [9.17, 15) is 13.2 Å². The van der Waals surface area contributed by atoms with Gasteiger partial charge in [-0.25, -0.2) is 13.8 Å². The van der Waals surface area contributed by atoms with Crippen LogP contribution in [0.1, 0.15) is 25.3 Å². The van der Waals surface area contributed by atoms with Gasteiger partial charge in [0.25, 0.3) is 0 Å². The molecule has 0 aliphatic carbocycles. The second kappa shape index (κ2) is 7.45. The van der Waals surface area contributed by atoms with E-state index in [0.717, 1.165) is 22.1 Å². The number of carbonyl (C=O) groups excluding carboxylic acids is 1. The molecule has 3 rings (SSSR count). The average molecular weight is 374 g/mol. The van der Waals surface area contributed by atoms with Gasteiger partial charge in [0.05, 0.1) is 24.3 Å². The first-order valence-electron chi connectivity index (χ1n) is 8.48. The van der Waals surface area contributed by atoms with Crippen LogP contribution in [0.4, 0.5) is 0 Å². The maximum Gasteiger partial charge on any atom is 0.240 e. The predicted molar refractivity (Wildman–Crippen MR) is 102 cm³/mol. The molecule has 6 nitrogen and oxygen atoms in total. The van der Waals surface area contributed by atoms with Gasteiger partial charge in [-0.1, -0.05) is 18.2 Å². The van der Waals surface area contributed by atoms with Crippen LogP contribution >= 0.6 is 0 Å². The molecule has 0 bridgehead atoms. The molecule has 1 aliphatic heterocycles. The Labute approximate surface area is 153 Å². The normalized spacial score (nSPS) is 19.5. The molecule has 1 heterocycles. The molecular formula is C19H22N2O4S. The number of ether oxygens (including phenoxy) is 1. The highest BCUT2D eigenvalue weighted by Crippen LogP contribution is 2.23. The van der Waals surface area contributed by atoms with Crippen LogP contribution in [0.3, 0.4) is 0 Å². The molecule has 1 fully saturated rings. The number of hydrazone groups is 1. The van der Waals surface area contributed by atoms with E-state index in [4.69, 9.17) is 4.74 Å². The zero-order valence-corrected chi connectivity index (χ0v) is 15.7. The molecular weight excluding hydrogens is 352 g/mol. The van der Waals surface area contributed by atoms with Gasteiger partial charge in [-0.05, 0) is 53.8 Å². The summed E-state index contributed by atoms with van der Waals surface area (Å²) in [7, 11) is -1.33. The Morgan fingerprint density at radius 2 is 1.96 bits per heavy atom. The van der Waals surface area contributed by atoms with Crippen LogP contribution in [0.15, 0.2) is 41.5 Å². The Bertz CT molecular complexity index is 967. The molecule has 1 aliphatic rings. The fraction of sp³-hybridized carbons (Fsp3) is 0.368. The fourth-order valence-corrected chi connectivity index (χ4v) is 4.99. The van der Waals surface area contributed by atoms with Crippen molar-refractivity contribution in [1.82, 2.24) is 5.43 Å². The highest BCUT2D eigenvalue weighted by Gasteiger charge is 2.29. The summed E-state index contributed by atoms with van der Waals surface area (Å²) in [5, 5.41) is 6.27. The van der Waals surface area contributed by atoms with E-state index < -0.39 is 9.84 Å². The summed E-state index contributed by atoms with van der Waals surface area (Å²) in [6.45, 7) is 1.82. The van der Waals surface area contributed by atoms with Crippen molar-refractivity contribution in [3.63, 3.8) is 0 Å². The van der Waals surface area contributed by atoms with Crippen molar-refractivity contribution >= 4 is 32.2 Å². The summed E-state index contributed by atoms with van der Waals surface area (Å²) in [4.78, 5) is 12.0. The van der Waals surface area contributed by atoms with Crippen LogP contribution in [-0.4, -0.2) is 38.7 Å². The van der Waals surface area contributed by atoms with Gasteiger partial charge >= 0.3 is 0 Å². The highest BCUT2D eigenvalue weighted by atomic mass is 32.2. The van der Waals surface area contributed by atoms with Crippen LogP contribution in [0.25, 0.3) is 10.8 Å². The summed E-state index contributed by atoms with van der Waals surface area (Å²) in [6.07, 6.45) is 0.736. The van der Waals surface area contributed by atoms with E-state index in [1.165, 1.54) is 0 Å². The zero-order valence-electron chi connectivity index (χ0n) is 14.9. The smallest absolute Gasteiger partial charge is 0.240 e. The summed E-state index contributed by atoms with van der Waals surface area (Å²) in [5.41, 5.74) is 4.13. The molecule has 0 spiro atoms. The van der Waals surface area contributed by atoms with Crippen LogP contribution in [0.2, 0.25) is 0 Å². The Balaban J connectivity index is 1.65. The number of hydrogen-bond donors (Lipinski definition) is 1. The molecule has 0 saturated carbocycles. The average Bonchev–Trinajstić information content (AvgIpc) is 2.97. The predicted octanol–water partition coefficient (Wildman–Crippen LogP) is 2.51. The van der Waals surface area contributed by atoms with Crippen molar-refractivity contribution in [2.24, 2.45) is 11.0 Å². The third-order valence-electron chi connectivity index (χ3n) is 4.61. The molecule has 1 atom stereocenters. The van der Waals surface area contributed by atoms with Crippen molar-refractivity contribution in [3.8, 4) is 5.75 Å². The van der Waals surface area contributed by atoms with E-state index in [1.807, 2.05) is 43.3 Å². The molecule has 26 heavy (non-hydrogen) atoms. The third-order valence-corrected chi connectivity index (χ3v) is 6.45. The van der Waals surface area contributed by atoms with Gasteiger partial charge in [0.15, 0.2) is 9.84 Å². The quantitative estimate of drug-likeness (QED) is 0.644. The van der Waals surface area contributed by atoms with Crippen molar-refractivity contribution < 1.29 is 17.9 Å². The van der Waals surface area contributed by atoms with E-state index in [-0.39, 0.29) is 29.8 Å². The minimum Gasteiger partial charge on any atom is -0.497 e. The van der Waals surface area contributed by atoms with Gasteiger partial charge in [-0.15, -0.1) is 0 Å². The number of nitrogens with one attached hydrogen (secondary N) is 1. The Hall–Kier alpha value is -2.41. The van der Waals surface area contributed by atoms with Gasteiger partial charge in [-0.3, -0.25) is 4.79 Å². The molecule has 0 unspecified atom stereocenters. The van der Waals surface area contributed by atoms with Crippen molar-refractivity contribution in [2.75, 3.05) is 18.6 Å². The lowest BCUT2D eigenvalue weighted by Gasteiger charge is -2.08. The Kier molecular flexibility index (Phi) is 5.27. The molecule has 138 valence electrons. The second-order valence-corrected chi connectivity index (χ2v) is 8.86. The lowest BCUT2D eigenvalue weighted by Crippen LogP contribution is -2.22. The van der Waals surface area contributed by atoms with E-state index >= 15 is 0 Å². The maximum absolute atomic E-state index is 12.0. The SMILES string of the molecule is COc1ccc2cc(/C(C)=N\NC(=O)C[C@H]3CCS(=O)(=O)C3)ccc2c1. The van der Waals surface area contributed by atoms with Crippen LogP contribution in [-0.2, 0) is 14.6 Å². The fourth-order valence-electron chi connectivity index (χ4n) is 3.13. The number of amides is 1. The third kappa shape index (κ3) is 4.40. The number of methoxy groups -OCH3 is 1. The van der Waals surface area contributed by atoms with Crippen LogP contribution in [0, 0.1) is 5.92 Å². The van der Waals surface area contributed by atoms with E-state index in [0.29, 0.717) is 12.1 Å². The topological polar surface area (TPSA) is 84.8 Å². The monoisotopic (exact) mass is 374 g/mol. The minimum atomic E-state index is -2.97. The first-order valence-corrected chi connectivity index (χ1v) is 10.3. The molecule has 0 aromatic heterocycles. The van der Waals surface area contributed by atoms with Gasteiger partial charge in [0.1, 0.15) is 5.75 Å². The van der Waals surface area contributed by atoms with Gasteiger partial charge < -0.3 is 4.74 Å². The molecule has 0 radical (unpaired) electrons. The van der Waals surface area contributed by atoms with Crippen LogP contribution < -0.4 is 10.2 Å². The summed E-state index contributed by atoms with van der Waals surface area (Å²) in [5.74, 6) is 0.715. The van der Waals surface area contributed by atoms with Crippen molar-refractivity contribution in [2.45, 2.75) is 19.8 Å². The maximum atomic E-state index is 12.0. The van der Waals surface area contributed by atoms with Crippen molar-refractivity contribution in [3.05, 3.63) is 42.0 Å². The van der Waals surface area contributed by atoms with Crippen molar-refractivity contribution in [1.29, 1.82) is 0 Å². The number of nitrogens with zero attached hydrogens (tertiary/aromatic N) is 1. The molecule has 1 saturated heterocycles. The lowest BCUT2D eigenvalue weighted by molar-refractivity contribution is -0.121. The first-order chi connectivity index (χ1) is 12.4. The number of rotatable bonds is 5. The molecule has 7 heteroatoms. The summed E-state index contributed by atoms with van der Waals surface area (Å²) >= 11 is 0. The van der Waals surface area contributed by atoms with Gasteiger partial charge in [-0.2, -0.15) is 5.10 Å². The Morgan fingerprint density at radius 3 is 2.65 bits per heavy atom. The zero-order chi connectivity index (χ0) is 18.7. The summed E-state index contributed by atoms with van der Waals surface area (Å²) in [6, 6.07) is 11.8. The Morgan fingerprint density at radius 1 is 1.23 bits per heavy atom. The first kappa shape index (κ1) is 18.4. The number of benzene rings is 2. The number of hydrogen-bond acceptors (Lipinski definition) is 5. The van der Waals surface area contributed by atoms with Gasteiger partial charge in [0, 0.05) is 6.42 Å². The molecule has 2 aromatic rings. The second-order valence-electron chi connectivity index (χ2n) is 6.63. The number of fused-ring (bicyclic) bond motifs is 1. The number of carbonyl (C=O) groups is 1. The van der Waals surface area contributed by atoms with Gasteiger partial charge in [0.2, 0.25) is 5.91 Å². The highest BCUT2D eigenvalue weighted by molar-refractivity contribution is 7.91. The number of sulfone groups is 1. The minimum absolute atomic E-state index is 0.0945.